The number of nitrogens with zero attached hydrogens (tertiary/aromatic N) is 1. The Morgan fingerprint density at radius 3 is 2.00 bits per heavy atom. The average molecular weight is 567 g/mol. The zero-order valence-corrected chi connectivity index (χ0v) is 21.9. The van der Waals surface area contributed by atoms with Gasteiger partial charge in [0.05, 0.1) is 36.8 Å². The molecule has 0 saturated heterocycles. The largest absolute Gasteiger partial charge is 0.465 e. The first-order valence-corrected chi connectivity index (χ1v) is 13.3. The van der Waals surface area contributed by atoms with Gasteiger partial charge >= 0.3 is 11.9 Å². The van der Waals surface area contributed by atoms with Gasteiger partial charge in [-0.05, 0) is 55.3 Å². The molecule has 2 aromatic rings. The van der Waals surface area contributed by atoms with Gasteiger partial charge in [0.2, 0.25) is 15.9 Å². The number of nitrogens with one attached hydrogen (secondary N) is 1. The highest BCUT2D eigenvalue weighted by molar-refractivity contribution is 9.10. The number of sulfonamides is 1. The van der Waals surface area contributed by atoms with E-state index in [0.717, 1.165) is 23.7 Å². The van der Waals surface area contributed by atoms with E-state index in [0.29, 0.717) is 12.8 Å². The van der Waals surface area contributed by atoms with Crippen molar-refractivity contribution in [2.24, 2.45) is 0 Å². The summed E-state index contributed by atoms with van der Waals surface area (Å²) in [7, 11) is -1.56. The number of carbonyl (C=O) groups is 3. The molecule has 9 nitrogen and oxygen atoms in total. The van der Waals surface area contributed by atoms with Gasteiger partial charge in [-0.25, -0.2) is 18.0 Å². The zero-order chi connectivity index (χ0) is 25.6. The molecule has 0 atom stereocenters. The molecule has 0 bridgehead atoms. The number of hydrogen-bond acceptors (Lipinski definition) is 7. The summed E-state index contributed by atoms with van der Waals surface area (Å²) in [6.45, 7) is -0.418. The molecule has 0 aliphatic heterocycles. The maximum absolute atomic E-state index is 13.5. The van der Waals surface area contributed by atoms with Crippen LogP contribution in [0.1, 0.15) is 52.8 Å². The van der Waals surface area contributed by atoms with Gasteiger partial charge < -0.3 is 14.8 Å². The van der Waals surface area contributed by atoms with E-state index in [1.165, 1.54) is 48.9 Å². The van der Waals surface area contributed by atoms with Crippen molar-refractivity contribution >= 4 is 49.5 Å². The summed E-state index contributed by atoms with van der Waals surface area (Å²) >= 11 is 3.31. The molecule has 0 unspecified atom stereocenters. The number of ether oxygens (including phenoxy) is 2. The summed E-state index contributed by atoms with van der Waals surface area (Å²) in [6.07, 6.45) is 4.09. The number of hydrogen-bond donors (Lipinski definition) is 1. The molecule has 1 fully saturated rings. The third-order valence-corrected chi connectivity index (χ3v) is 8.20. The van der Waals surface area contributed by atoms with Crippen LogP contribution in [-0.2, 0) is 24.3 Å². The maximum atomic E-state index is 13.5. The molecule has 2 aromatic carbocycles. The van der Waals surface area contributed by atoms with Crippen LogP contribution in [0.15, 0.2) is 51.8 Å². The summed E-state index contributed by atoms with van der Waals surface area (Å²) in [6, 6.07) is 9.95. The standard InChI is InChI=1S/C24H27BrN2O7S/c1-33-23(29)16-12-17(24(30)34-2)14-19(13-16)26-22(28)15-27(20-6-4-3-5-7-20)35(31,32)21-10-8-18(25)9-11-21/h8-14,20H,3-7,15H2,1-2H3,(H,26,28). The van der Waals surface area contributed by atoms with Gasteiger partial charge in [0.1, 0.15) is 0 Å². The molecule has 1 amide bonds. The molecular formula is C24H27BrN2O7S. The molecule has 3 rings (SSSR count). The van der Waals surface area contributed by atoms with Gasteiger partial charge in [0.15, 0.2) is 0 Å². The van der Waals surface area contributed by atoms with Gasteiger partial charge in [-0.2, -0.15) is 4.31 Å². The highest BCUT2D eigenvalue weighted by Gasteiger charge is 2.34. The van der Waals surface area contributed by atoms with Crippen molar-refractivity contribution in [2.75, 3.05) is 26.1 Å². The number of amides is 1. The van der Waals surface area contributed by atoms with Crippen LogP contribution in [0, 0.1) is 0 Å². The monoisotopic (exact) mass is 566 g/mol. The fourth-order valence-corrected chi connectivity index (χ4v) is 5.94. The van der Waals surface area contributed by atoms with E-state index in [4.69, 9.17) is 9.47 Å². The van der Waals surface area contributed by atoms with Gasteiger partial charge in [0, 0.05) is 16.2 Å². The van der Waals surface area contributed by atoms with Crippen LogP contribution in [0.2, 0.25) is 0 Å². The van der Waals surface area contributed by atoms with Crippen LogP contribution in [0.3, 0.4) is 0 Å². The number of anilines is 1. The quantitative estimate of drug-likeness (QED) is 0.480. The molecule has 0 aromatic heterocycles. The molecule has 1 aliphatic carbocycles. The summed E-state index contributed by atoms with van der Waals surface area (Å²) in [5.41, 5.74) is 0.220. The Labute approximate surface area is 213 Å². The van der Waals surface area contributed by atoms with Gasteiger partial charge in [-0.15, -0.1) is 0 Å². The smallest absolute Gasteiger partial charge is 0.337 e. The summed E-state index contributed by atoms with van der Waals surface area (Å²) < 4.78 is 38.4. The predicted molar refractivity (Wildman–Crippen MR) is 133 cm³/mol. The van der Waals surface area contributed by atoms with Gasteiger partial charge in [0.25, 0.3) is 0 Å². The molecule has 0 spiro atoms. The van der Waals surface area contributed by atoms with Crippen LogP contribution in [0.4, 0.5) is 5.69 Å². The highest BCUT2D eigenvalue weighted by atomic mass is 79.9. The van der Waals surface area contributed by atoms with Crippen molar-refractivity contribution in [3.05, 3.63) is 58.1 Å². The minimum Gasteiger partial charge on any atom is -0.465 e. The lowest BCUT2D eigenvalue weighted by Crippen LogP contribution is -2.45. The Bertz CT molecular complexity index is 1160. The third kappa shape index (κ3) is 6.68. The highest BCUT2D eigenvalue weighted by Crippen LogP contribution is 2.28. The van der Waals surface area contributed by atoms with Gasteiger partial charge in [-0.3, -0.25) is 4.79 Å². The second-order valence-electron chi connectivity index (χ2n) is 8.13. The molecule has 11 heteroatoms. The topological polar surface area (TPSA) is 119 Å². The van der Waals surface area contributed by atoms with Crippen LogP contribution in [0.25, 0.3) is 0 Å². The average Bonchev–Trinajstić information content (AvgIpc) is 2.86. The molecule has 0 radical (unpaired) electrons. The van der Waals surface area contributed by atoms with E-state index in [-0.39, 0.29) is 27.8 Å². The number of esters is 2. The maximum Gasteiger partial charge on any atom is 0.337 e. The fraction of sp³-hybridized carbons (Fsp3) is 0.375. The lowest BCUT2D eigenvalue weighted by atomic mass is 9.95. The molecule has 188 valence electrons. The lowest BCUT2D eigenvalue weighted by molar-refractivity contribution is -0.116. The Kier molecular flexibility index (Phi) is 9.03. The van der Waals surface area contributed by atoms with E-state index < -0.39 is 34.4 Å². The first-order valence-electron chi connectivity index (χ1n) is 11.0. The van der Waals surface area contributed by atoms with Crippen molar-refractivity contribution < 1.29 is 32.3 Å². The molecule has 1 saturated carbocycles. The van der Waals surface area contributed by atoms with Gasteiger partial charge in [-0.1, -0.05) is 35.2 Å². The Morgan fingerprint density at radius 1 is 0.943 bits per heavy atom. The van der Waals surface area contributed by atoms with E-state index in [1.54, 1.807) is 12.1 Å². The Hall–Kier alpha value is -2.76. The van der Waals surface area contributed by atoms with E-state index in [9.17, 15) is 22.8 Å². The SMILES string of the molecule is COC(=O)c1cc(NC(=O)CN(C2CCCCC2)S(=O)(=O)c2ccc(Br)cc2)cc(C(=O)OC)c1. The fourth-order valence-electron chi connectivity index (χ4n) is 4.03. The van der Waals surface area contributed by atoms with Crippen molar-refractivity contribution in [2.45, 2.75) is 43.0 Å². The number of benzene rings is 2. The first kappa shape index (κ1) is 26.8. The van der Waals surface area contributed by atoms with Crippen LogP contribution >= 0.6 is 15.9 Å². The van der Waals surface area contributed by atoms with Crippen molar-refractivity contribution in [3.8, 4) is 0 Å². The van der Waals surface area contributed by atoms with Crippen molar-refractivity contribution in [3.63, 3.8) is 0 Å². The molecule has 1 N–H and O–H groups in total. The Balaban J connectivity index is 1.89. The van der Waals surface area contributed by atoms with E-state index in [2.05, 4.69) is 21.2 Å². The van der Waals surface area contributed by atoms with Crippen LogP contribution in [-0.4, -0.2) is 57.4 Å². The molecule has 35 heavy (non-hydrogen) atoms. The summed E-state index contributed by atoms with van der Waals surface area (Å²) in [5.74, 6) is -2.00. The third-order valence-electron chi connectivity index (χ3n) is 5.76. The zero-order valence-electron chi connectivity index (χ0n) is 19.5. The number of halogens is 1. The summed E-state index contributed by atoms with van der Waals surface area (Å²) in [5, 5.41) is 2.61. The minimum atomic E-state index is -3.95. The van der Waals surface area contributed by atoms with Crippen LogP contribution in [0.5, 0.6) is 0 Å². The second-order valence-corrected chi connectivity index (χ2v) is 10.9. The second kappa shape index (κ2) is 11.8. The number of rotatable bonds is 8. The number of methoxy groups -OCH3 is 2. The van der Waals surface area contributed by atoms with Crippen molar-refractivity contribution in [1.82, 2.24) is 4.31 Å². The number of carbonyl (C=O) groups excluding carboxylic acids is 3. The summed E-state index contributed by atoms with van der Waals surface area (Å²) in [4.78, 5) is 37.2. The minimum absolute atomic E-state index is 0.0392. The normalized spacial score (nSPS) is 14.4. The Morgan fingerprint density at radius 2 is 1.49 bits per heavy atom. The first-order chi connectivity index (χ1) is 16.6. The molecular weight excluding hydrogens is 540 g/mol. The van der Waals surface area contributed by atoms with E-state index in [1.807, 2.05) is 0 Å². The molecule has 1 aliphatic rings. The lowest BCUT2D eigenvalue weighted by Gasteiger charge is -2.33. The van der Waals surface area contributed by atoms with E-state index >= 15 is 0 Å². The molecule has 0 heterocycles. The van der Waals surface area contributed by atoms with Crippen molar-refractivity contribution in [1.29, 1.82) is 0 Å². The predicted octanol–water partition coefficient (Wildman–Crippen LogP) is 3.98. The van der Waals surface area contributed by atoms with Crippen LogP contribution < -0.4 is 5.32 Å².